The third-order valence-corrected chi connectivity index (χ3v) is 2.38. The van der Waals surface area contributed by atoms with Crippen molar-refractivity contribution >= 4 is 5.91 Å². The molecule has 0 fully saturated rings. The van der Waals surface area contributed by atoms with Gasteiger partial charge in [0.25, 0.3) is 5.91 Å². The fourth-order valence-corrected chi connectivity index (χ4v) is 1.47. The van der Waals surface area contributed by atoms with Crippen molar-refractivity contribution in [1.29, 1.82) is 0 Å². The number of aliphatic hydroxyl groups is 1. The number of nitrogens with zero attached hydrogens (tertiary/aromatic N) is 2. The molecule has 0 bridgehead atoms. The Morgan fingerprint density at radius 2 is 2.22 bits per heavy atom. The van der Waals surface area contributed by atoms with E-state index in [1.165, 1.54) is 18.5 Å². The predicted molar refractivity (Wildman–Crippen MR) is 65.4 cm³/mol. The Labute approximate surface area is 106 Å². The molecule has 1 heterocycles. The summed E-state index contributed by atoms with van der Waals surface area (Å²) in [6, 6.07) is 1.38. The molecule has 0 spiro atoms. The van der Waals surface area contributed by atoms with Crippen LogP contribution in [0.3, 0.4) is 0 Å². The molecule has 6 heteroatoms. The van der Waals surface area contributed by atoms with Gasteiger partial charge in [-0.15, -0.1) is 0 Å². The first-order valence-corrected chi connectivity index (χ1v) is 5.81. The summed E-state index contributed by atoms with van der Waals surface area (Å²) in [5, 5.41) is 17.8. The van der Waals surface area contributed by atoms with E-state index in [1.54, 1.807) is 4.90 Å². The summed E-state index contributed by atoms with van der Waals surface area (Å²) < 4.78 is 5.12. The fraction of sp³-hybridized carbons (Fsp3) is 0.500. The lowest BCUT2D eigenvalue weighted by molar-refractivity contribution is 0.0578. The minimum Gasteiger partial charge on any atom is -0.506 e. The Kier molecular flexibility index (Phi) is 6.10. The predicted octanol–water partition coefficient (Wildman–Crippen LogP) is 0.258. The Bertz CT molecular complexity index is 384. The van der Waals surface area contributed by atoms with E-state index in [-0.39, 0.29) is 24.9 Å². The van der Waals surface area contributed by atoms with Crippen molar-refractivity contribution in [3.63, 3.8) is 0 Å². The van der Waals surface area contributed by atoms with Crippen molar-refractivity contribution in [2.24, 2.45) is 0 Å². The second kappa shape index (κ2) is 7.62. The van der Waals surface area contributed by atoms with Gasteiger partial charge in [-0.1, -0.05) is 0 Å². The van der Waals surface area contributed by atoms with Crippen LogP contribution in [-0.2, 0) is 4.74 Å². The van der Waals surface area contributed by atoms with Crippen LogP contribution in [0.2, 0.25) is 0 Å². The Hall–Kier alpha value is -1.66. The number of hydrogen-bond donors (Lipinski definition) is 2. The van der Waals surface area contributed by atoms with Gasteiger partial charge in [0.05, 0.1) is 31.6 Å². The van der Waals surface area contributed by atoms with Gasteiger partial charge in [0.15, 0.2) is 0 Å². The lowest BCUT2D eigenvalue weighted by atomic mass is 10.2. The van der Waals surface area contributed by atoms with Crippen molar-refractivity contribution in [3.05, 3.63) is 24.0 Å². The number of carbonyl (C=O) groups excluding carboxylic acids is 1. The molecule has 6 nitrogen and oxygen atoms in total. The molecule has 0 saturated heterocycles. The number of likely N-dealkylation sites (N-methyl/N-ethyl adjacent to an activating group) is 1. The van der Waals surface area contributed by atoms with E-state index in [4.69, 9.17) is 9.84 Å². The van der Waals surface area contributed by atoms with Gasteiger partial charge in [-0.2, -0.15) is 0 Å². The fourth-order valence-electron chi connectivity index (χ4n) is 1.47. The molecule has 2 N–H and O–H groups in total. The summed E-state index contributed by atoms with van der Waals surface area (Å²) in [7, 11) is 0. The Morgan fingerprint density at radius 1 is 1.44 bits per heavy atom. The normalized spacial score (nSPS) is 10.3. The van der Waals surface area contributed by atoms with Crippen LogP contribution in [0.15, 0.2) is 18.5 Å². The molecule has 0 aliphatic rings. The number of aromatic nitrogens is 1. The van der Waals surface area contributed by atoms with Crippen LogP contribution in [0.4, 0.5) is 0 Å². The van der Waals surface area contributed by atoms with E-state index in [2.05, 4.69) is 4.98 Å². The lowest BCUT2D eigenvalue weighted by Crippen LogP contribution is -2.34. The SMILES string of the molecule is CCN(CCOCCO)C(=O)c1cncc(O)c1. The number of ether oxygens (including phenoxy) is 1. The van der Waals surface area contributed by atoms with Crippen molar-refractivity contribution in [2.75, 3.05) is 32.9 Å². The number of hydrogen-bond acceptors (Lipinski definition) is 5. The van der Waals surface area contributed by atoms with Crippen molar-refractivity contribution in [3.8, 4) is 5.75 Å². The monoisotopic (exact) mass is 254 g/mol. The number of aliphatic hydroxyl groups excluding tert-OH is 1. The summed E-state index contributed by atoms with van der Waals surface area (Å²) >= 11 is 0. The Balaban J connectivity index is 2.56. The van der Waals surface area contributed by atoms with Crippen LogP contribution in [-0.4, -0.2) is 58.9 Å². The third-order valence-electron chi connectivity index (χ3n) is 2.38. The van der Waals surface area contributed by atoms with E-state index in [0.717, 1.165) is 0 Å². The minimum absolute atomic E-state index is 0.0312. The van der Waals surface area contributed by atoms with Crippen LogP contribution >= 0.6 is 0 Å². The zero-order valence-corrected chi connectivity index (χ0v) is 10.4. The zero-order valence-electron chi connectivity index (χ0n) is 10.4. The molecule has 18 heavy (non-hydrogen) atoms. The highest BCUT2D eigenvalue weighted by molar-refractivity contribution is 5.94. The molecule has 1 amide bonds. The molecular formula is C12H18N2O4. The molecule has 0 unspecified atom stereocenters. The summed E-state index contributed by atoms with van der Waals surface area (Å²) in [6.07, 6.45) is 2.69. The average molecular weight is 254 g/mol. The molecule has 0 saturated carbocycles. The number of amides is 1. The smallest absolute Gasteiger partial charge is 0.255 e. The topological polar surface area (TPSA) is 82.9 Å². The third kappa shape index (κ3) is 4.31. The molecule has 0 radical (unpaired) electrons. The number of aromatic hydroxyl groups is 1. The summed E-state index contributed by atoms with van der Waals surface area (Å²) in [4.78, 5) is 17.4. The van der Waals surface area contributed by atoms with Gasteiger partial charge in [0.2, 0.25) is 0 Å². The maximum Gasteiger partial charge on any atom is 0.255 e. The van der Waals surface area contributed by atoms with Gasteiger partial charge in [0.1, 0.15) is 5.75 Å². The number of rotatable bonds is 7. The molecule has 0 atom stereocenters. The van der Waals surface area contributed by atoms with Crippen LogP contribution in [0, 0.1) is 0 Å². The van der Waals surface area contributed by atoms with E-state index in [0.29, 0.717) is 25.3 Å². The van der Waals surface area contributed by atoms with E-state index in [9.17, 15) is 9.90 Å². The molecule has 1 aromatic rings. The highest BCUT2D eigenvalue weighted by Gasteiger charge is 2.14. The second-order valence-corrected chi connectivity index (χ2v) is 3.65. The minimum atomic E-state index is -0.200. The first-order chi connectivity index (χ1) is 8.69. The molecule has 0 aliphatic carbocycles. The quantitative estimate of drug-likeness (QED) is 0.682. The molecule has 1 aromatic heterocycles. The van der Waals surface area contributed by atoms with Gasteiger partial charge in [-0.3, -0.25) is 9.78 Å². The van der Waals surface area contributed by atoms with E-state index >= 15 is 0 Å². The number of carbonyl (C=O) groups is 1. The van der Waals surface area contributed by atoms with Crippen molar-refractivity contribution in [1.82, 2.24) is 9.88 Å². The summed E-state index contributed by atoms with van der Waals surface area (Å²) in [5.74, 6) is -0.234. The second-order valence-electron chi connectivity index (χ2n) is 3.65. The van der Waals surface area contributed by atoms with E-state index < -0.39 is 0 Å². The summed E-state index contributed by atoms with van der Waals surface area (Å²) in [5.41, 5.74) is 0.346. The maximum atomic E-state index is 12.1. The molecule has 1 rings (SSSR count). The zero-order chi connectivity index (χ0) is 13.4. The van der Waals surface area contributed by atoms with Gasteiger partial charge in [0, 0.05) is 19.3 Å². The lowest BCUT2D eigenvalue weighted by Gasteiger charge is -2.20. The van der Waals surface area contributed by atoms with Crippen LogP contribution < -0.4 is 0 Å². The van der Waals surface area contributed by atoms with Crippen molar-refractivity contribution < 1.29 is 19.7 Å². The van der Waals surface area contributed by atoms with Crippen LogP contribution in [0.25, 0.3) is 0 Å². The molecular weight excluding hydrogens is 236 g/mol. The first kappa shape index (κ1) is 14.4. The molecule has 0 aliphatic heterocycles. The summed E-state index contributed by atoms with van der Waals surface area (Å²) in [6.45, 7) is 3.44. The van der Waals surface area contributed by atoms with E-state index in [1.807, 2.05) is 6.92 Å². The molecule has 100 valence electrons. The number of pyridine rings is 1. The van der Waals surface area contributed by atoms with Crippen LogP contribution in [0.5, 0.6) is 5.75 Å². The van der Waals surface area contributed by atoms with Gasteiger partial charge in [-0.25, -0.2) is 0 Å². The van der Waals surface area contributed by atoms with Crippen molar-refractivity contribution in [2.45, 2.75) is 6.92 Å². The van der Waals surface area contributed by atoms with Gasteiger partial charge >= 0.3 is 0 Å². The van der Waals surface area contributed by atoms with Gasteiger partial charge < -0.3 is 19.8 Å². The standard InChI is InChI=1S/C12H18N2O4/c1-2-14(3-5-18-6-4-15)12(17)10-7-11(16)9-13-8-10/h7-9,15-16H,2-6H2,1H3. The average Bonchev–Trinajstić information content (AvgIpc) is 2.38. The largest absolute Gasteiger partial charge is 0.506 e. The highest BCUT2D eigenvalue weighted by Crippen LogP contribution is 2.10. The Morgan fingerprint density at radius 3 is 2.83 bits per heavy atom. The highest BCUT2D eigenvalue weighted by atomic mass is 16.5. The van der Waals surface area contributed by atoms with Gasteiger partial charge in [-0.05, 0) is 13.0 Å². The first-order valence-electron chi connectivity index (χ1n) is 5.81. The maximum absolute atomic E-state index is 12.1. The molecule has 0 aromatic carbocycles. The van der Waals surface area contributed by atoms with Crippen LogP contribution in [0.1, 0.15) is 17.3 Å².